The molecule has 2 aromatic rings. The highest BCUT2D eigenvalue weighted by molar-refractivity contribution is 7.99. The molecule has 19 heavy (non-hydrogen) atoms. The lowest BCUT2D eigenvalue weighted by atomic mass is 10.4. The van der Waals surface area contributed by atoms with E-state index in [9.17, 15) is 14.4 Å². The van der Waals surface area contributed by atoms with Crippen molar-refractivity contribution in [3.8, 4) is 0 Å². The number of carbonyl (C=O) groups is 1. The van der Waals surface area contributed by atoms with E-state index in [2.05, 4.69) is 0 Å². The average Bonchev–Trinajstić information content (AvgIpc) is 2.79. The fourth-order valence-corrected chi connectivity index (χ4v) is 3.32. The standard InChI is InChI=1S/C12H11FN2O2S2/c13-8-1-3-9(4-2-8)19-10-5-6-18-11(10)7-15(17)12(14)16/h1-6,17H,7H2,(H2,14,16). The van der Waals surface area contributed by atoms with E-state index in [0.717, 1.165) is 14.7 Å². The van der Waals surface area contributed by atoms with E-state index in [1.54, 1.807) is 12.1 Å². The van der Waals surface area contributed by atoms with Gasteiger partial charge in [-0.05, 0) is 35.7 Å². The van der Waals surface area contributed by atoms with Crippen LogP contribution in [0.25, 0.3) is 0 Å². The van der Waals surface area contributed by atoms with Crippen LogP contribution in [0.3, 0.4) is 0 Å². The van der Waals surface area contributed by atoms with Crippen molar-refractivity contribution in [1.29, 1.82) is 0 Å². The van der Waals surface area contributed by atoms with E-state index in [-0.39, 0.29) is 12.4 Å². The predicted octanol–water partition coefficient (Wildman–Crippen LogP) is 3.31. The second kappa shape index (κ2) is 6.05. The lowest BCUT2D eigenvalue weighted by Gasteiger charge is -2.11. The van der Waals surface area contributed by atoms with Crippen LogP contribution in [0.1, 0.15) is 4.88 Å². The Morgan fingerprint density at radius 2 is 2.05 bits per heavy atom. The minimum atomic E-state index is -0.897. The van der Waals surface area contributed by atoms with Crippen molar-refractivity contribution in [3.05, 3.63) is 46.4 Å². The number of benzene rings is 1. The van der Waals surface area contributed by atoms with Gasteiger partial charge < -0.3 is 5.73 Å². The van der Waals surface area contributed by atoms with Gasteiger partial charge in [0.25, 0.3) is 0 Å². The number of nitrogens with zero attached hydrogens (tertiary/aromatic N) is 1. The maximum atomic E-state index is 12.8. The van der Waals surface area contributed by atoms with Gasteiger partial charge in [-0.15, -0.1) is 11.3 Å². The van der Waals surface area contributed by atoms with Gasteiger partial charge in [-0.1, -0.05) is 11.8 Å². The molecule has 0 unspecified atom stereocenters. The average molecular weight is 298 g/mol. The Hall–Kier alpha value is -1.57. The van der Waals surface area contributed by atoms with E-state index >= 15 is 0 Å². The van der Waals surface area contributed by atoms with Crippen molar-refractivity contribution in [2.45, 2.75) is 16.3 Å². The van der Waals surface area contributed by atoms with Gasteiger partial charge in [-0.25, -0.2) is 14.2 Å². The fraction of sp³-hybridized carbons (Fsp3) is 0.0833. The summed E-state index contributed by atoms with van der Waals surface area (Å²) in [6.07, 6.45) is 0. The van der Waals surface area contributed by atoms with Crippen LogP contribution in [0.4, 0.5) is 9.18 Å². The van der Waals surface area contributed by atoms with E-state index in [0.29, 0.717) is 5.06 Å². The van der Waals surface area contributed by atoms with Crippen LogP contribution >= 0.6 is 23.1 Å². The third-order valence-electron chi connectivity index (χ3n) is 2.29. The number of rotatable bonds is 4. The molecular formula is C12H11FN2O2S2. The summed E-state index contributed by atoms with van der Waals surface area (Å²) in [6.45, 7) is 0.0382. The molecule has 0 aliphatic carbocycles. The molecule has 3 N–H and O–H groups in total. The number of hydrogen-bond acceptors (Lipinski definition) is 4. The number of amides is 2. The van der Waals surface area contributed by atoms with E-state index < -0.39 is 6.03 Å². The maximum absolute atomic E-state index is 12.8. The van der Waals surface area contributed by atoms with Crippen LogP contribution in [-0.2, 0) is 6.54 Å². The third-order valence-corrected chi connectivity index (χ3v) is 4.44. The maximum Gasteiger partial charge on any atom is 0.338 e. The Kier molecular flexibility index (Phi) is 4.41. The van der Waals surface area contributed by atoms with Gasteiger partial charge in [0.05, 0.1) is 6.54 Å². The molecule has 2 rings (SSSR count). The van der Waals surface area contributed by atoms with Crippen molar-refractivity contribution in [2.24, 2.45) is 5.73 Å². The molecule has 0 spiro atoms. The van der Waals surface area contributed by atoms with E-state index in [4.69, 9.17) is 5.73 Å². The van der Waals surface area contributed by atoms with Gasteiger partial charge in [0.2, 0.25) is 0 Å². The van der Waals surface area contributed by atoms with Gasteiger partial charge in [0.15, 0.2) is 0 Å². The molecular weight excluding hydrogens is 287 g/mol. The second-order valence-corrected chi connectivity index (χ2v) is 5.78. The Bertz CT molecular complexity index is 571. The summed E-state index contributed by atoms with van der Waals surface area (Å²) in [5.74, 6) is -0.287. The summed E-state index contributed by atoms with van der Waals surface area (Å²) in [6, 6.07) is 7.10. The van der Waals surface area contributed by atoms with Crippen LogP contribution in [0.2, 0.25) is 0 Å². The molecule has 0 aliphatic heterocycles. The number of thiophene rings is 1. The number of hydrogen-bond donors (Lipinski definition) is 2. The molecule has 0 bridgehead atoms. The normalized spacial score (nSPS) is 10.4. The van der Waals surface area contributed by atoms with Gasteiger partial charge in [-0.3, -0.25) is 5.21 Å². The Morgan fingerprint density at radius 1 is 1.37 bits per heavy atom. The molecule has 2 amide bonds. The molecule has 7 heteroatoms. The van der Waals surface area contributed by atoms with Crippen molar-refractivity contribution in [1.82, 2.24) is 5.06 Å². The molecule has 0 atom stereocenters. The number of halogens is 1. The number of urea groups is 1. The molecule has 0 fully saturated rings. The van der Waals surface area contributed by atoms with Crippen LogP contribution < -0.4 is 5.73 Å². The molecule has 0 radical (unpaired) electrons. The summed E-state index contributed by atoms with van der Waals surface area (Å²) >= 11 is 2.85. The monoisotopic (exact) mass is 298 g/mol. The first kappa shape index (κ1) is 13.9. The molecule has 100 valence electrons. The number of hydroxylamine groups is 2. The topological polar surface area (TPSA) is 66.6 Å². The van der Waals surface area contributed by atoms with Crippen molar-refractivity contribution in [2.75, 3.05) is 0 Å². The van der Waals surface area contributed by atoms with Crippen LogP contribution in [0.15, 0.2) is 45.5 Å². The lowest BCUT2D eigenvalue weighted by molar-refractivity contribution is -0.0467. The smallest absolute Gasteiger partial charge is 0.338 e. The zero-order valence-electron chi connectivity index (χ0n) is 9.75. The van der Waals surface area contributed by atoms with Gasteiger partial charge >= 0.3 is 6.03 Å². The van der Waals surface area contributed by atoms with E-state index in [1.807, 2.05) is 11.4 Å². The summed E-state index contributed by atoms with van der Waals surface area (Å²) in [4.78, 5) is 13.4. The zero-order valence-corrected chi connectivity index (χ0v) is 11.4. The van der Waals surface area contributed by atoms with Gasteiger partial charge in [0, 0.05) is 14.7 Å². The number of carbonyl (C=O) groups excluding carboxylic acids is 1. The summed E-state index contributed by atoms with van der Waals surface area (Å²) in [5, 5.41) is 11.6. The van der Waals surface area contributed by atoms with Gasteiger partial charge in [-0.2, -0.15) is 0 Å². The quantitative estimate of drug-likeness (QED) is 0.672. The molecule has 1 heterocycles. The minimum Gasteiger partial charge on any atom is -0.350 e. The molecule has 0 saturated carbocycles. The summed E-state index contributed by atoms with van der Waals surface area (Å²) < 4.78 is 12.8. The third kappa shape index (κ3) is 3.69. The predicted molar refractivity (Wildman–Crippen MR) is 71.8 cm³/mol. The minimum absolute atomic E-state index is 0.0382. The first-order chi connectivity index (χ1) is 9.06. The van der Waals surface area contributed by atoms with E-state index in [1.165, 1.54) is 35.2 Å². The molecule has 0 saturated heterocycles. The van der Waals surface area contributed by atoms with Crippen LogP contribution in [-0.4, -0.2) is 16.3 Å². The van der Waals surface area contributed by atoms with Crippen molar-refractivity contribution < 1.29 is 14.4 Å². The Labute approximate surface area is 117 Å². The summed E-state index contributed by atoms with van der Waals surface area (Å²) in [5.41, 5.74) is 4.97. The Balaban J connectivity index is 2.11. The lowest BCUT2D eigenvalue weighted by Crippen LogP contribution is -2.31. The number of primary amides is 1. The molecule has 1 aromatic heterocycles. The highest BCUT2D eigenvalue weighted by atomic mass is 32.2. The van der Waals surface area contributed by atoms with Crippen molar-refractivity contribution in [3.63, 3.8) is 0 Å². The van der Waals surface area contributed by atoms with Crippen LogP contribution in [0.5, 0.6) is 0 Å². The molecule has 4 nitrogen and oxygen atoms in total. The largest absolute Gasteiger partial charge is 0.350 e. The van der Waals surface area contributed by atoms with Crippen molar-refractivity contribution >= 4 is 29.1 Å². The fourth-order valence-electron chi connectivity index (χ4n) is 1.38. The molecule has 0 aliphatic rings. The second-order valence-electron chi connectivity index (χ2n) is 3.66. The number of nitrogens with two attached hydrogens (primary N) is 1. The zero-order chi connectivity index (χ0) is 13.8. The first-order valence-corrected chi connectivity index (χ1v) is 7.01. The highest BCUT2D eigenvalue weighted by Gasteiger charge is 2.12. The Morgan fingerprint density at radius 3 is 2.68 bits per heavy atom. The van der Waals surface area contributed by atoms with Crippen LogP contribution in [0, 0.1) is 5.82 Å². The summed E-state index contributed by atoms with van der Waals surface area (Å²) in [7, 11) is 0. The molecule has 1 aromatic carbocycles. The first-order valence-electron chi connectivity index (χ1n) is 5.32. The SMILES string of the molecule is NC(=O)N(O)Cc1sccc1Sc1ccc(F)cc1. The van der Waals surface area contributed by atoms with Gasteiger partial charge in [0.1, 0.15) is 5.82 Å². The highest BCUT2D eigenvalue weighted by Crippen LogP contribution is 2.34.